The van der Waals surface area contributed by atoms with Crippen molar-refractivity contribution in [3.8, 4) is 11.5 Å². The van der Waals surface area contributed by atoms with Crippen LogP contribution in [-0.4, -0.2) is 58.3 Å². The highest BCUT2D eigenvalue weighted by atomic mass is 16.5. The number of nitrogens with zero attached hydrogens (tertiary/aromatic N) is 2. The van der Waals surface area contributed by atoms with Crippen LogP contribution in [0.15, 0.2) is 42.5 Å². The normalized spacial score (nSPS) is 14.8. The lowest BCUT2D eigenvalue weighted by atomic mass is 10.1. The molecule has 0 spiro atoms. The van der Waals surface area contributed by atoms with E-state index in [9.17, 15) is 4.79 Å². The summed E-state index contributed by atoms with van der Waals surface area (Å²) in [6.45, 7) is 6.27. The summed E-state index contributed by atoms with van der Waals surface area (Å²) in [5, 5.41) is 2.93. The first kappa shape index (κ1) is 20.7. The molecule has 1 aliphatic heterocycles. The molecule has 0 unspecified atom stereocenters. The Labute approximate surface area is 172 Å². The lowest BCUT2D eigenvalue weighted by Gasteiger charge is -2.35. The monoisotopic (exact) mass is 395 g/mol. The molecule has 2 aromatic rings. The van der Waals surface area contributed by atoms with E-state index in [0.717, 1.165) is 43.0 Å². The molecule has 154 valence electrons. The number of ether oxygens (including phenoxy) is 2. The van der Waals surface area contributed by atoms with Crippen molar-refractivity contribution >= 4 is 23.4 Å². The van der Waals surface area contributed by atoms with Gasteiger partial charge in [0.1, 0.15) is 0 Å². The fourth-order valence-corrected chi connectivity index (χ4v) is 3.45. The van der Waals surface area contributed by atoms with Gasteiger partial charge in [0.05, 0.1) is 14.2 Å². The maximum atomic E-state index is 12.3. The Kier molecular flexibility index (Phi) is 6.77. The molecule has 0 saturated carbocycles. The number of piperazine rings is 1. The molecule has 1 N–H and O–H groups in total. The highest BCUT2D eigenvalue weighted by Gasteiger charge is 2.16. The molecule has 2 aromatic carbocycles. The Morgan fingerprint density at radius 1 is 1.00 bits per heavy atom. The fourth-order valence-electron chi connectivity index (χ4n) is 3.45. The number of aryl methyl sites for hydroxylation is 1. The summed E-state index contributed by atoms with van der Waals surface area (Å²) in [5.41, 5.74) is 4.05. The maximum absolute atomic E-state index is 12.3. The zero-order chi connectivity index (χ0) is 20.8. The summed E-state index contributed by atoms with van der Waals surface area (Å²) in [6, 6.07) is 11.6. The molecular formula is C23H29N3O3. The quantitative estimate of drug-likeness (QED) is 0.760. The van der Waals surface area contributed by atoms with Gasteiger partial charge in [-0.25, -0.2) is 0 Å². The van der Waals surface area contributed by atoms with Crippen molar-refractivity contribution in [2.45, 2.75) is 6.92 Å². The van der Waals surface area contributed by atoms with E-state index in [0.29, 0.717) is 11.5 Å². The Balaban J connectivity index is 1.63. The van der Waals surface area contributed by atoms with E-state index in [1.165, 1.54) is 11.8 Å². The van der Waals surface area contributed by atoms with Crippen molar-refractivity contribution in [2.24, 2.45) is 0 Å². The minimum Gasteiger partial charge on any atom is -0.493 e. The van der Waals surface area contributed by atoms with Crippen molar-refractivity contribution in [1.29, 1.82) is 0 Å². The standard InChI is InChI=1S/C23H29N3O3/c1-17-15-19(7-8-20(17)26-13-11-25(2)12-14-26)24-23(27)10-6-18-5-9-21(28-3)22(16-18)29-4/h5-10,15-16H,11-14H2,1-4H3,(H,24,27)/b10-6+. The predicted octanol–water partition coefficient (Wildman–Crippen LogP) is 3.42. The number of rotatable bonds is 6. The number of methoxy groups -OCH3 is 2. The number of likely N-dealkylation sites (N-methyl/N-ethyl adjacent to an activating group) is 1. The number of anilines is 2. The topological polar surface area (TPSA) is 54.0 Å². The summed E-state index contributed by atoms with van der Waals surface area (Å²) in [6.07, 6.45) is 3.27. The van der Waals surface area contributed by atoms with Crippen LogP contribution in [0.1, 0.15) is 11.1 Å². The van der Waals surface area contributed by atoms with E-state index in [-0.39, 0.29) is 5.91 Å². The first-order valence-electron chi connectivity index (χ1n) is 9.75. The fraction of sp³-hybridized carbons (Fsp3) is 0.348. The van der Waals surface area contributed by atoms with Crippen LogP contribution in [0, 0.1) is 6.92 Å². The molecule has 0 bridgehead atoms. The molecule has 1 fully saturated rings. The number of benzene rings is 2. The van der Waals surface area contributed by atoms with Gasteiger partial charge in [0.15, 0.2) is 11.5 Å². The molecule has 0 atom stereocenters. The minimum atomic E-state index is -0.175. The van der Waals surface area contributed by atoms with Gasteiger partial charge in [-0.15, -0.1) is 0 Å². The third-order valence-electron chi connectivity index (χ3n) is 5.14. The van der Waals surface area contributed by atoms with Crippen LogP contribution in [0.25, 0.3) is 6.08 Å². The van der Waals surface area contributed by atoms with Crippen LogP contribution in [0.4, 0.5) is 11.4 Å². The van der Waals surface area contributed by atoms with Gasteiger partial charge in [-0.2, -0.15) is 0 Å². The van der Waals surface area contributed by atoms with Gasteiger partial charge in [0.25, 0.3) is 0 Å². The van der Waals surface area contributed by atoms with E-state index in [1.54, 1.807) is 20.3 Å². The zero-order valence-corrected chi connectivity index (χ0v) is 17.6. The van der Waals surface area contributed by atoms with Crippen molar-refractivity contribution in [1.82, 2.24) is 4.90 Å². The number of hydrogen-bond acceptors (Lipinski definition) is 5. The van der Waals surface area contributed by atoms with Gasteiger partial charge in [0, 0.05) is 43.6 Å². The van der Waals surface area contributed by atoms with Crippen LogP contribution in [0.5, 0.6) is 11.5 Å². The number of carbonyl (C=O) groups excluding carboxylic acids is 1. The number of nitrogens with one attached hydrogen (secondary N) is 1. The van der Waals surface area contributed by atoms with Gasteiger partial charge >= 0.3 is 0 Å². The largest absolute Gasteiger partial charge is 0.493 e. The predicted molar refractivity (Wildman–Crippen MR) is 118 cm³/mol. The second-order valence-electron chi connectivity index (χ2n) is 7.23. The van der Waals surface area contributed by atoms with E-state index < -0.39 is 0 Å². The molecule has 1 heterocycles. The summed E-state index contributed by atoms with van der Waals surface area (Å²) in [4.78, 5) is 17.1. The molecular weight excluding hydrogens is 366 g/mol. The smallest absolute Gasteiger partial charge is 0.248 e. The maximum Gasteiger partial charge on any atom is 0.248 e. The summed E-state index contributed by atoms with van der Waals surface area (Å²) in [5.74, 6) is 1.11. The van der Waals surface area contributed by atoms with Crippen molar-refractivity contribution in [3.05, 3.63) is 53.6 Å². The Bertz CT molecular complexity index is 887. The van der Waals surface area contributed by atoms with Gasteiger partial charge in [0.2, 0.25) is 5.91 Å². The molecule has 1 amide bonds. The van der Waals surface area contributed by atoms with Crippen molar-refractivity contribution in [3.63, 3.8) is 0 Å². The van der Waals surface area contributed by atoms with E-state index in [4.69, 9.17) is 9.47 Å². The van der Waals surface area contributed by atoms with Crippen molar-refractivity contribution < 1.29 is 14.3 Å². The van der Waals surface area contributed by atoms with E-state index in [1.807, 2.05) is 30.3 Å². The summed E-state index contributed by atoms with van der Waals surface area (Å²) in [7, 11) is 5.34. The Hall–Kier alpha value is -2.99. The molecule has 1 saturated heterocycles. The van der Waals surface area contributed by atoms with E-state index in [2.05, 4.69) is 35.2 Å². The molecule has 6 heteroatoms. The van der Waals surface area contributed by atoms with E-state index >= 15 is 0 Å². The summed E-state index contributed by atoms with van der Waals surface area (Å²) >= 11 is 0. The highest BCUT2D eigenvalue weighted by Crippen LogP contribution is 2.28. The zero-order valence-electron chi connectivity index (χ0n) is 17.6. The van der Waals surface area contributed by atoms with Gasteiger partial charge in [-0.05, 0) is 61.5 Å². The van der Waals surface area contributed by atoms with Crippen molar-refractivity contribution in [2.75, 3.05) is 57.7 Å². The highest BCUT2D eigenvalue weighted by molar-refractivity contribution is 6.02. The van der Waals surface area contributed by atoms with Crippen LogP contribution < -0.4 is 19.7 Å². The summed E-state index contributed by atoms with van der Waals surface area (Å²) < 4.78 is 10.5. The molecule has 3 rings (SSSR count). The molecule has 29 heavy (non-hydrogen) atoms. The second-order valence-corrected chi connectivity index (χ2v) is 7.23. The minimum absolute atomic E-state index is 0.175. The molecule has 0 aromatic heterocycles. The van der Waals surface area contributed by atoms with Crippen LogP contribution in [0.2, 0.25) is 0 Å². The molecule has 0 radical (unpaired) electrons. The first-order chi connectivity index (χ1) is 14.0. The van der Waals surface area contributed by atoms with Gasteiger partial charge < -0.3 is 24.6 Å². The Morgan fingerprint density at radius 3 is 2.38 bits per heavy atom. The molecule has 0 aliphatic carbocycles. The third kappa shape index (κ3) is 5.29. The molecule has 6 nitrogen and oxygen atoms in total. The average Bonchev–Trinajstić information content (AvgIpc) is 2.73. The van der Waals surface area contributed by atoms with Crippen LogP contribution in [-0.2, 0) is 4.79 Å². The first-order valence-corrected chi connectivity index (χ1v) is 9.75. The number of carbonyl (C=O) groups is 1. The van der Waals surface area contributed by atoms with Crippen LogP contribution >= 0.6 is 0 Å². The third-order valence-corrected chi connectivity index (χ3v) is 5.14. The second kappa shape index (κ2) is 9.47. The van der Waals surface area contributed by atoms with Gasteiger partial charge in [-0.3, -0.25) is 4.79 Å². The Morgan fingerprint density at radius 2 is 1.72 bits per heavy atom. The lowest BCUT2D eigenvalue weighted by Crippen LogP contribution is -2.44. The SMILES string of the molecule is COc1ccc(/C=C/C(=O)Nc2ccc(N3CCN(C)CC3)c(C)c2)cc1OC. The number of amides is 1. The number of hydrogen-bond donors (Lipinski definition) is 1. The van der Waals surface area contributed by atoms with Crippen LogP contribution in [0.3, 0.4) is 0 Å². The lowest BCUT2D eigenvalue weighted by molar-refractivity contribution is -0.111. The average molecular weight is 396 g/mol. The molecule has 1 aliphatic rings. The van der Waals surface area contributed by atoms with Gasteiger partial charge in [-0.1, -0.05) is 6.07 Å².